The van der Waals surface area contributed by atoms with E-state index in [1.165, 1.54) is 18.4 Å². The molecule has 18 heavy (non-hydrogen) atoms. The molecule has 1 aromatic rings. The lowest BCUT2D eigenvalue weighted by Crippen LogP contribution is -2.32. The maximum Gasteiger partial charge on any atom is 0.0270 e. The molecular formula is C15H27N3. The Labute approximate surface area is 112 Å². The Balaban J connectivity index is 2.12. The van der Waals surface area contributed by atoms with Crippen molar-refractivity contribution in [2.45, 2.75) is 39.2 Å². The zero-order valence-corrected chi connectivity index (χ0v) is 12.0. The van der Waals surface area contributed by atoms with Crippen LogP contribution >= 0.6 is 0 Å². The molecule has 0 aliphatic carbocycles. The van der Waals surface area contributed by atoms with Gasteiger partial charge in [-0.15, -0.1) is 0 Å². The monoisotopic (exact) mass is 249 g/mol. The maximum absolute atomic E-state index is 4.04. The molecule has 0 aromatic carbocycles. The van der Waals surface area contributed by atoms with Gasteiger partial charge in [-0.2, -0.15) is 0 Å². The fraction of sp³-hybridized carbons (Fsp3) is 0.667. The first kappa shape index (κ1) is 15.1. The summed E-state index contributed by atoms with van der Waals surface area (Å²) >= 11 is 0. The van der Waals surface area contributed by atoms with Crippen molar-refractivity contribution in [2.24, 2.45) is 0 Å². The Morgan fingerprint density at radius 3 is 2.67 bits per heavy atom. The van der Waals surface area contributed by atoms with E-state index >= 15 is 0 Å². The van der Waals surface area contributed by atoms with E-state index in [-0.39, 0.29) is 0 Å². The van der Waals surface area contributed by atoms with Gasteiger partial charge in [-0.1, -0.05) is 6.92 Å². The molecular weight excluding hydrogens is 222 g/mol. The zero-order valence-electron chi connectivity index (χ0n) is 12.0. The molecule has 0 aliphatic rings. The first-order valence-electron chi connectivity index (χ1n) is 7.03. The van der Waals surface area contributed by atoms with Crippen molar-refractivity contribution in [2.75, 3.05) is 26.7 Å². The van der Waals surface area contributed by atoms with Gasteiger partial charge < -0.3 is 10.2 Å². The van der Waals surface area contributed by atoms with Gasteiger partial charge in [0.15, 0.2) is 0 Å². The molecule has 0 bridgehead atoms. The van der Waals surface area contributed by atoms with E-state index in [0.29, 0.717) is 6.04 Å². The van der Waals surface area contributed by atoms with Crippen molar-refractivity contribution in [3.63, 3.8) is 0 Å². The zero-order chi connectivity index (χ0) is 13.2. The predicted octanol–water partition coefficient (Wildman–Crippen LogP) is 2.33. The van der Waals surface area contributed by atoms with Gasteiger partial charge in [0.25, 0.3) is 0 Å². The summed E-state index contributed by atoms with van der Waals surface area (Å²) in [6.07, 6.45) is 7.27. The number of likely N-dealkylation sites (N-methyl/N-ethyl adjacent to an activating group) is 1. The van der Waals surface area contributed by atoms with Crippen LogP contribution in [-0.2, 0) is 6.42 Å². The van der Waals surface area contributed by atoms with Gasteiger partial charge in [0.1, 0.15) is 0 Å². The van der Waals surface area contributed by atoms with Crippen LogP contribution in [0.2, 0.25) is 0 Å². The van der Waals surface area contributed by atoms with E-state index < -0.39 is 0 Å². The summed E-state index contributed by atoms with van der Waals surface area (Å²) in [5.74, 6) is 0. The van der Waals surface area contributed by atoms with Crippen LogP contribution in [0, 0.1) is 0 Å². The largest absolute Gasteiger partial charge is 0.314 e. The van der Waals surface area contributed by atoms with Crippen LogP contribution in [0.1, 0.15) is 32.3 Å². The van der Waals surface area contributed by atoms with Crippen LogP contribution in [0.15, 0.2) is 24.5 Å². The molecule has 0 saturated carbocycles. The number of aromatic nitrogens is 1. The molecule has 0 aliphatic heterocycles. The minimum Gasteiger partial charge on any atom is -0.314 e. The third-order valence-electron chi connectivity index (χ3n) is 3.22. The average molecular weight is 249 g/mol. The first-order chi connectivity index (χ1) is 8.72. The molecule has 1 atom stereocenters. The van der Waals surface area contributed by atoms with Crippen LogP contribution in [-0.4, -0.2) is 42.6 Å². The van der Waals surface area contributed by atoms with Gasteiger partial charge in [0.2, 0.25) is 0 Å². The Bertz CT molecular complexity index is 300. The molecule has 3 heteroatoms. The molecule has 1 N–H and O–H groups in total. The number of rotatable bonds is 9. The quantitative estimate of drug-likeness (QED) is 0.728. The summed E-state index contributed by atoms with van der Waals surface area (Å²) in [4.78, 5) is 6.45. The molecule has 1 rings (SSSR count). The standard InChI is InChI=1S/C15H27N3/c1-4-9-17-14(2)7-12-18(3)13-8-15-5-10-16-11-6-15/h5-6,10-11,14,17H,4,7-9,12-13H2,1-3H3. The summed E-state index contributed by atoms with van der Waals surface area (Å²) < 4.78 is 0. The fourth-order valence-electron chi connectivity index (χ4n) is 1.89. The number of nitrogens with one attached hydrogen (secondary N) is 1. The second kappa shape index (κ2) is 9.06. The highest BCUT2D eigenvalue weighted by Crippen LogP contribution is 2.00. The van der Waals surface area contributed by atoms with E-state index in [9.17, 15) is 0 Å². The lowest BCUT2D eigenvalue weighted by atomic mass is 10.2. The number of hydrogen-bond donors (Lipinski definition) is 1. The van der Waals surface area contributed by atoms with Crippen molar-refractivity contribution < 1.29 is 0 Å². The molecule has 1 heterocycles. The van der Waals surface area contributed by atoms with E-state index in [1.807, 2.05) is 12.4 Å². The van der Waals surface area contributed by atoms with Crippen molar-refractivity contribution >= 4 is 0 Å². The van der Waals surface area contributed by atoms with Crippen molar-refractivity contribution in [3.05, 3.63) is 30.1 Å². The lowest BCUT2D eigenvalue weighted by Gasteiger charge is -2.20. The summed E-state index contributed by atoms with van der Waals surface area (Å²) in [7, 11) is 2.20. The van der Waals surface area contributed by atoms with Crippen LogP contribution in [0.4, 0.5) is 0 Å². The second-order valence-electron chi connectivity index (χ2n) is 5.05. The van der Waals surface area contributed by atoms with E-state index in [4.69, 9.17) is 0 Å². The molecule has 1 unspecified atom stereocenters. The third kappa shape index (κ3) is 6.72. The minimum atomic E-state index is 0.619. The smallest absolute Gasteiger partial charge is 0.0270 e. The van der Waals surface area contributed by atoms with Gasteiger partial charge in [-0.05, 0) is 64.0 Å². The molecule has 0 saturated heterocycles. The van der Waals surface area contributed by atoms with Crippen molar-refractivity contribution in [1.29, 1.82) is 0 Å². The first-order valence-corrected chi connectivity index (χ1v) is 7.03. The molecule has 3 nitrogen and oxygen atoms in total. The van der Waals surface area contributed by atoms with E-state index in [1.54, 1.807) is 0 Å². The molecule has 102 valence electrons. The molecule has 1 aromatic heterocycles. The third-order valence-corrected chi connectivity index (χ3v) is 3.22. The normalized spacial score (nSPS) is 12.9. The lowest BCUT2D eigenvalue weighted by molar-refractivity contribution is 0.314. The van der Waals surface area contributed by atoms with Crippen molar-refractivity contribution in [1.82, 2.24) is 15.2 Å². The Kier molecular flexibility index (Phi) is 7.62. The number of hydrogen-bond acceptors (Lipinski definition) is 3. The summed E-state index contributed by atoms with van der Waals surface area (Å²) in [5, 5.41) is 3.53. The van der Waals surface area contributed by atoms with Gasteiger partial charge >= 0.3 is 0 Å². The SMILES string of the molecule is CCCNC(C)CCN(C)CCc1ccncc1. The number of pyridine rings is 1. The Morgan fingerprint density at radius 2 is 2.00 bits per heavy atom. The molecule has 0 fully saturated rings. The average Bonchev–Trinajstić information content (AvgIpc) is 2.41. The van der Waals surface area contributed by atoms with Crippen LogP contribution in [0.25, 0.3) is 0 Å². The maximum atomic E-state index is 4.04. The summed E-state index contributed by atoms with van der Waals surface area (Å²) in [6, 6.07) is 4.81. The summed E-state index contributed by atoms with van der Waals surface area (Å²) in [5.41, 5.74) is 1.37. The molecule has 0 amide bonds. The highest BCUT2D eigenvalue weighted by Gasteiger charge is 2.03. The molecule has 0 spiro atoms. The minimum absolute atomic E-state index is 0.619. The summed E-state index contributed by atoms with van der Waals surface area (Å²) in [6.45, 7) is 7.88. The van der Waals surface area contributed by atoms with Crippen LogP contribution < -0.4 is 5.32 Å². The predicted molar refractivity (Wildman–Crippen MR) is 77.8 cm³/mol. The second-order valence-corrected chi connectivity index (χ2v) is 5.05. The topological polar surface area (TPSA) is 28.2 Å². The van der Waals surface area contributed by atoms with Gasteiger partial charge in [-0.25, -0.2) is 0 Å². The Hall–Kier alpha value is -0.930. The van der Waals surface area contributed by atoms with Gasteiger partial charge in [-0.3, -0.25) is 4.98 Å². The van der Waals surface area contributed by atoms with Gasteiger partial charge in [0.05, 0.1) is 0 Å². The fourth-order valence-corrected chi connectivity index (χ4v) is 1.89. The van der Waals surface area contributed by atoms with Crippen molar-refractivity contribution in [3.8, 4) is 0 Å². The van der Waals surface area contributed by atoms with Crippen LogP contribution in [0.3, 0.4) is 0 Å². The van der Waals surface area contributed by atoms with E-state index in [0.717, 1.165) is 26.1 Å². The van der Waals surface area contributed by atoms with Gasteiger partial charge in [0, 0.05) is 25.0 Å². The van der Waals surface area contributed by atoms with E-state index in [2.05, 4.69) is 48.2 Å². The number of nitrogens with zero attached hydrogens (tertiary/aromatic N) is 2. The van der Waals surface area contributed by atoms with Crippen LogP contribution in [0.5, 0.6) is 0 Å². The molecule has 0 radical (unpaired) electrons. The highest BCUT2D eigenvalue weighted by molar-refractivity contribution is 5.09. The Morgan fingerprint density at radius 1 is 1.28 bits per heavy atom. The highest BCUT2D eigenvalue weighted by atomic mass is 15.1.